The number of amides is 2. The van der Waals surface area contributed by atoms with Crippen molar-refractivity contribution in [1.29, 1.82) is 0 Å². The van der Waals surface area contributed by atoms with Gasteiger partial charge in [-0.3, -0.25) is 4.79 Å². The van der Waals surface area contributed by atoms with Crippen LogP contribution >= 0.6 is 0 Å². The molecular formula is C13H20N2O3. The Hall–Kier alpha value is -1.70. The molecule has 0 radical (unpaired) electrons. The van der Waals surface area contributed by atoms with E-state index < -0.39 is 11.5 Å². The van der Waals surface area contributed by atoms with Gasteiger partial charge in [-0.05, 0) is 12.8 Å². The lowest BCUT2D eigenvalue weighted by Gasteiger charge is -2.43. The zero-order valence-corrected chi connectivity index (χ0v) is 10.7. The number of urea groups is 1. The predicted octanol–water partition coefficient (Wildman–Crippen LogP) is 1.44. The third kappa shape index (κ3) is 3.39. The van der Waals surface area contributed by atoms with E-state index in [1.165, 1.54) is 4.90 Å². The quantitative estimate of drug-likeness (QED) is 0.744. The topological polar surface area (TPSA) is 69.6 Å². The summed E-state index contributed by atoms with van der Waals surface area (Å²) in [5.74, 6) is 1.47. The van der Waals surface area contributed by atoms with Crippen LogP contribution < -0.4 is 5.32 Å². The Morgan fingerprint density at radius 3 is 2.50 bits per heavy atom. The number of hydrogen-bond donors (Lipinski definition) is 2. The standard InChI is InChI=1S/C13H20N2O3/c1-3-9-14-12(18)15(2)13(10-11(16)17)7-5-4-6-8-13/h1H,4-10H2,2H3,(H,14,18)(H,16,17). The molecule has 5 nitrogen and oxygen atoms in total. The largest absolute Gasteiger partial charge is 0.481 e. The molecule has 0 atom stereocenters. The molecule has 1 rings (SSSR count). The lowest BCUT2D eigenvalue weighted by atomic mass is 9.78. The highest BCUT2D eigenvalue weighted by molar-refractivity contribution is 5.77. The molecule has 0 bridgehead atoms. The average Bonchev–Trinajstić information content (AvgIpc) is 2.35. The molecule has 0 aromatic rings. The number of carbonyl (C=O) groups is 2. The molecule has 1 aliphatic carbocycles. The average molecular weight is 252 g/mol. The molecule has 1 fully saturated rings. The maximum atomic E-state index is 11.9. The van der Waals surface area contributed by atoms with Crippen molar-refractivity contribution in [3.05, 3.63) is 0 Å². The van der Waals surface area contributed by atoms with Crippen LogP contribution in [0.2, 0.25) is 0 Å². The van der Waals surface area contributed by atoms with Crippen LogP contribution in [-0.4, -0.2) is 41.1 Å². The Labute approximate surface area is 108 Å². The number of hydrogen-bond acceptors (Lipinski definition) is 2. The van der Waals surface area contributed by atoms with Crippen molar-refractivity contribution in [2.45, 2.75) is 44.1 Å². The molecule has 1 saturated carbocycles. The van der Waals surface area contributed by atoms with E-state index in [9.17, 15) is 9.59 Å². The van der Waals surface area contributed by atoms with Crippen LogP contribution in [0.1, 0.15) is 38.5 Å². The number of rotatable bonds is 4. The van der Waals surface area contributed by atoms with Crippen LogP contribution in [-0.2, 0) is 4.79 Å². The minimum atomic E-state index is -0.867. The van der Waals surface area contributed by atoms with Gasteiger partial charge in [0.1, 0.15) is 0 Å². The minimum Gasteiger partial charge on any atom is -0.481 e. The fourth-order valence-electron chi connectivity index (χ4n) is 2.58. The lowest BCUT2D eigenvalue weighted by Crippen LogP contribution is -2.55. The molecule has 2 amide bonds. The van der Waals surface area contributed by atoms with Gasteiger partial charge in [0.2, 0.25) is 0 Å². The van der Waals surface area contributed by atoms with E-state index in [4.69, 9.17) is 11.5 Å². The van der Waals surface area contributed by atoms with Gasteiger partial charge in [-0.2, -0.15) is 0 Å². The van der Waals surface area contributed by atoms with Crippen molar-refractivity contribution in [1.82, 2.24) is 10.2 Å². The maximum absolute atomic E-state index is 11.9. The van der Waals surface area contributed by atoms with Gasteiger partial charge in [-0.1, -0.05) is 25.2 Å². The normalized spacial score (nSPS) is 17.6. The second-order valence-corrected chi connectivity index (χ2v) is 4.78. The van der Waals surface area contributed by atoms with Crippen molar-refractivity contribution in [3.8, 4) is 12.3 Å². The number of carbonyl (C=O) groups excluding carboxylic acids is 1. The van der Waals surface area contributed by atoms with Crippen molar-refractivity contribution < 1.29 is 14.7 Å². The van der Waals surface area contributed by atoms with Gasteiger partial charge in [0.05, 0.1) is 18.5 Å². The maximum Gasteiger partial charge on any atom is 0.318 e. The van der Waals surface area contributed by atoms with E-state index in [-0.39, 0.29) is 19.0 Å². The van der Waals surface area contributed by atoms with Crippen LogP contribution in [0.4, 0.5) is 4.79 Å². The highest BCUT2D eigenvalue weighted by atomic mass is 16.4. The molecule has 0 spiro atoms. The van der Waals surface area contributed by atoms with Crippen LogP contribution in [0.3, 0.4) is 0 Å². The molecule has 2 N–H and O–H groups in total. The third-order valence-electron chi connectivity index (χ3n) is 3.62. The number of carboxylic acids is 1. The molecule has 100 valence electrons. The summed E-state index contributed by atoms with van der Waals surface area (Å²) in [6.07, 6.45) is 9.57. The molecule has 5 heteroatoms. The highest BCUT2D eigenvalue weighted by Gasteiger charge is 2.40. The zero-order valence-electron chi connectivity index (χ0n) is 10.7. The van der Waals surface area contributed by atoms with Gasteiger partial charge in [0, 0.05) is 7.05 Å². The van der Waals surface area contributed by atoms with E-state index in [0.717, 1.165) is 32.1 Å². The molecule has 0 aromatic carbocycles. The Bertz CT molecular complexity index is 354. The number of nitrogens with one attached hydrogen (secondary N) is 1. The molecule has 0 saturated heterocycles. The van der Waals surface area contributed by atoms with Gasteiger partial charge in [-0.25, -0.2) is 4.79 Å². The molecule has 18 heavy (non-hydrogen) atoms. The molecule has 0 heterocycles. The monoisotopic (exact) mass is 252 g/mol. The first-order valence-corrected chi connectivity index (χ1v) is 6.19. The predicted molar refractivity (Wildman–Crippen MR) is 68.1 cm³/mol. The number of terminal acetylenes is 1. The van der Waals surface area contributed by atoms with Crippen molar-refractivity contribution in [2.24, 2.45) is 0 Å². The van der Waals surface area contributed by atoms with Crippen LogP contribution in [0, 0.1) is 12.3 Å². The highest BCUT2D eigenvalue weighted by Crippen LogP contribution is 2.35. The lowest BCUT2D eigenvalue weighted by molar-refractivity contribution is -0.140. The molecule has 0 aromatic heterocycles. The zero-order chi connectivity index (χ0) is 13.6. The van der Waals surface area contributed by atoms with Gasteiger partial charge in [0.15, 0.2) is 0 Å². The fourth-order valence-corrected chi connectivity index (χ4v) is 2.58. The van der Waals surface area contributed by atoms with Gasteiger partial charge < -0.3 is 15.3 Å². The first-order chi connectivity index (χ1) is 8.52. The third-order valence-corrected chi connectivity index (χ3v) is 3.62. The Balaban J connectivity index is 2.78. The van der Waals surface area contributed by atoms with Crippen LogP contribution in [0.5, 0.6) is 0 Å². The van der Waals surface area contributed by atoms with E-state index in [1.54, 1.807) is 7.05 Å². The summed E-state index contributed by atoms with van der Waals surface area (Å²) in [6, 6.07) is -0.295. The second kappa shape index (κ2) is 6.29. The van der Waals surface area contributed by atoms with Crippen molar-refractivity contribution >= 4 is 12.0 Å². The number of aliphatic carboxylic acids is 1. The van der Waals surface area contributed by atoms with Gasteiger partial charge in [-0.15, -0.1) is 6.42 Å². The van der Waals surface area contributed by atoms with E-state index in [2.05, 4.69) is 11.2 Å². The SMILES string of the molecule is C#CCNC(=O)N(C)C1(CC(=O)O)CCCCC1. The minimum absolute atomic E-state index is 0.00697. The van der Waals surface area contributed by atoms with Crippen LogP contribution in [0.25, 0.3) is 0 Å². The van der Waals surface area contributed by atoms with E-state index >= 15 is 0 Å². The Morgan fingerprint density at radius 1 is 1.39 bits per heavy atom. The van der Waals surface area contributed by atoms with Crippen molar-refractivity contribution in [2.75, 3.05) is 13.6 Å². The van der Waals surface area contributed by atoms with Gasteiger partial charge in [0.25, 0.3) is 0 Å². The Kier molecular flexibility index (Phi) is 5.02. The number of nitrogens with zero attached hydrogens (tertiary/aromatic N) is 1. The summed E-state index contributed by atoms with van der Waals surface area (Å²) in [5.41, 5.74) is -0.567. The fraction of sp³-hybridized carbons (Fsp3) is 0.692. The van der Waals surface area contributed by atoms with Crippen molar-refractivity contribution in [3.63, 3.8) is 0 Å². The summed E-state index contributed by atoms with van der Waals surface area (Å²) in [6.45, 7) is 0.159. The smallest absolute Gasteiger partial charge is 0.318 e. The Morgan fingerprint density at radius 2 is 2.00 bits per heavy atom. The van der Waals surface area contributed by atoms with Gasteiger partial charge >= 0.3 is 12.0 Å². The summed E-state index contributed by atoms with van der Waals surface area (Å²) < 4.78 is 0. The summed E-state index contributed by atoms with van der Waals surface area (Å²) >= 11 is 0. The molecular weight excluding hydrogens is 232 g/mol. The summed E-state index contributed by atoms with van der Waals surface area (Å²) in [7, 11) is 1.65. The molecule has 1 aliphatic rings. The molecule has 0 aliphatic heterocycles. The second-order valence-electron chi connectivity index (χ2n) is 4.78. The van der Waals surface area contributed by atoms with E-state index in [0.29, 0.717) is 0 Å². The van der Waals surface area contributed by atoms with E-state index in [1.807, 2.05) is 0 Å². The number of carboxylic acid groups (broad SMARTS) is 1. The summed E-state index contributed by atoms with van der Waals surface area (Å²) in [5, 5.41) is 11.6. The first-order valence-electron chi connectivity index (χ1n) is 6.19. The molecule has 0 unspecified atom stereocenters. The van der Waals surface area contributed by atoms with Crippen LogP contribution in [0.15, 0.2) is 0 Å². The first kappa shape index (κ1) is 14.4. The summed E-state index contributed by atoms with van der Waals surface area (Å²) in [4.78, 5) is 24.5.